The predicted molar refractivity (Wildman–Crippen MR) is 85.3 cm³/mol. The highest BCUT2D eigenvalue weighted by molar-refractivity contribution is 9.11. The Balaban J connectivity index is 2.31. The molecule has 0 aromatic heterocycles. The van der Waals surface area contributed by atoms with E-state index >= 15 is 0 Å². The molecular formula is C15H12Br2F3N. The van der Waals surface area contributed by atoms with Crippen molar-refractivity contribution in [3.63, 3.8) is 0 Å². The monoisotopic (exact) mass is 421 g/mol. The number of alkyl halides is 3. The lowest BCUT2D eigenvalue weighted by atomic mass is 10.0. The van der Waals surface area contributed by atoms with Gasteiger partial charge in [-0.05, 0) is 52.7 Å². The topological polar surface area (TPSA) is 12.0 Å². The molecule has 1 N–H and O–H groups in total. The number of nitrogens with one attached hydrogen (secondary N) is 1. The average molecular weight is 423 g/mol. The molecule has 0 amide bonds. The molecule has 0 heterocycles. The lowest BCUT2D eigenvalue weighted by Crippen LogP contribution is -2.15. The van der Waals surface area contributed by atoms with Gasteiger partial charge in [-0.3, -0.25) is 0 Å². The van der Waals surface area contributed by atoms with E-state index in [2.05, 4.69) is 37.2 Å². The molecule has 1 atom stereocenters. The van der Waals surface area contributed by atoms with Crippen molar-refractivity contribution in [2.24, 2.45) is 0 Å². The van der Waals surface area contributed by atoms with Crippen LogP contribution < -0.4 is 5.32 Å². The Kier molecular flexibility index (Phi) is 4.99. The molecule has 2 aromatic carbocycles. The Bertz CT molecular complexity index is 641. The Labute approximate surface area is 137 Å². The number of halogens is 5. The Morgan fingerprint density at radius 3 is 2.33 bits per heavy atom. The quantitative estimate of drug-likeness (QED) is 0.603. The van der Waals surface area contributed by atoms with Crippen LogP contribution in [0, 0.1) is 0 Å². The third kappa shape index (κ3) is 4.01. The molecule has 0 aliphatic carbocycles. The van der Waals surface area contributed by atoms with Gasteiger partial charge in [-0.25, -0.2) is 0 Å². The van der Waals surface area contributed by atoms with Crippen LogP contribution in [0.1, 0.15) is 24.1 Å². The van der Waals surface area contributed by atoms with Crippen molar-refractivity contribution in [1.29, 1.82) is 0 Å². The first-order chi connectivity index (χ1) is 9.79. The van der Waals surface area contributed by atoms with Gasteiger partial charge in [0.2, 0.25) is 0 Å². The maximum Gasteiger partial charge on any atom is 0.416 e. The number of rotatable bonds is 3. The standard InChI is InChI=1S/C15H12Br2F3N/c1-9(21-14-7-6-10(16)8-13(14)17)11-4-2-3-5-12(11)15(18,19)20/h2-9,21H,1H3. The fourth-order valence-electron chi connectivity index (χ4n) is 2.05. The largest absolute Gasteiger partial charge is 0.416 e. The first-order valence-corrected chi connectivity index (χ1v) is 7.75. The maximum absolute atomic E-state index is 13.0. The van der Waals surface area contributed by atoms with Gasteiger partial charge in [0.25, 0.3) is 0 Å². The molecule has 0 saturated carbocycles. The summed E-state index contributed by atoms with van der Waals surface area (Å²) in [5, 5.41) is 3.10. The Morgan fingerprint density at radius 1 is 1.05 bits per heavy atom. The van der Waals surface area contributed by atoms with E-state index in [4.69, 9.17) is 0 Å². The van der Waals surface area contributed by atoms with E-state index < -0.39 is 17.8 Å². The van der Waals surface area contributed by atoms with Crippen molar-refractivity contribution in [1.82, 2.24) is 0 Å². The molecule has 112 valence electrons. The summed E-state index contributed by atoms with van der Waals surface area (Å²) in [6, 6.07) is 10.6. The molecule has 0 aliphatic heterocycles. The summed E-state index contributed by atoms with van der Waals surface area (Å²) in [4.78, 5) is 0. The summed E-state index contributed by atoms with van der Waals surface area (Å²) in [7, 11) is 0. The molecule has 0 bridgehead atoms. The summed E-state index contributed by atoms with van der Waals surface area (Å²) < 4.78 is 40.8. The van der Waals surface area contributed by atoms with Crippen molar-refractivity contribution in [3.05, 3.63) is 62.5 Å². The van der Waals surface area contributed by atoms with E-state index in [1.165, 1.54) is 12.1 Å². The number of anilines is 1. The number of benzene rings is 2. The molecule has 2 aromatic rings. The molecule has 1 unspecified atom stereocenters. The first kappa shape index (κ1) is 16.4. The van der Waals surface area contributed by atoms with Crippen LogP contribution in [0.3, 0.4) is 0 Å². The van der Waals surface area contributed by atoms with Crippen LogP contribution >= 0.6 is 31.9 Å². The van der Waals surface area contributed by atoms with Crippen LogP contribution in [-0.4, -0.2) is 0 Å². The van der Waals surface area contributed by atoms with Gasteiger partial charge in [0.15, 0.2) is 0 Å². The van der Waals surface area contributed by atoms with Crippen molar-refractivity contribution >= 4 is 37.5 Å². The fourth-order valence-corrected chi connectivity index (χ4v) is 3.21. The summed E-state index contributed by atoms with van der Waals surface area (Å²) in [6.45, 7) is 1.71. The molecule has 1 nitrogen and oxygen atoms in total. The van der Waals surface area contributed by atoms with E-state index in [0.717, 1.165) is 20.7 Å². The van der Waals surface area contributed by atoms with E-state index in [1.807, 2.05) is 12.1 Å². The van der Waals surface area contributed by atoms with Gasteiger partial charge in [0.1, 0.15) is 0 Å². The second-order valence-corrected chi connectivity index (χ2v) is 6.35. The van der Waals surface area contributed by atoms with Gasteiger partial charge in [-0.2, -0.15) is 13.2 Å². The van der Waals surface area contributed by atoms with Crippen LogP contribution in [0.25, 0.3) is 0 Å². The zero-order valence-electron chi connectivity index (χ0n) is 11.0. The van der Waals surface area contributed by atoms with Crippen molar-refractivity contribution in [3.8, 4) is 0 Å². The van der Waals surface area contributed by atoms with Gasteiger partial charge >= 0.3 is 6.18 Å². The Morgan fingerprint density at radius 2 is 1.71 bits per heavy atom. The minimum absolute atomic E-state index is 0.222. The van der Waals surface area contributed by atoms with Crippen molar-refractivity contribution in [2.75, 3.05) is 5.32 Å². The van der Waals surface area contributed by atoms with Gasteiger partial charge in [0.05, 0.1) is 5.56 Å². The summed E-state index contributed by atoms with van der Waals surface area (Å²) in [5.74, 6) is 0. The Hall–Kier alpha value is -1.01. The van der Waals surface area contributed by atoms with Crippen LogP contribution in [0.5, 0.6) is 0 Å². The number of hydrogen-bond donors (Lipinski definition) is 1. The second kappa shape index (κ2) is 6.40. The highest BCUT2D eigenvalue weighted by Crippen LogP contribution is 2.36. The van der Waals surface area contributed by atoms with Crippen LogP contribution in [0.15, 0.2) is 51.4 Å². The van der Waals surface area contributed by atoms with E-state index in [1.54, 1.807) is 19.1 Å². The molecule has 21 heavy (non-hydrogen) atoms. The van der Waals surface area contributed by atoms with Gasteiger partial charge < -0.3 is 5.32 Å². The molecule has 0 aliphatic rings. The fraction of sp³-hybridized carbons (Fsp3) is 0.200. The average Bonchev–Trinajstić information content (AvgIpc) is 2.41. The zero-order valence-corrected chi connectivity index (χ0v) is 14.2. The van der Waals surface area contributed by atoms with Crippen molar-refractivity contribution in [2.45, 2.75) is 19.1 Å². The van der Waals surface area contributed by atoms with E-state index in [9.17, 15) is 13.2 Å². The molecule has 0 spiro atoms. The van der Waals surface area contributed by atoms with Gasteiger partial charge in [0, 0.05) is 20.7 Å². The third-order valence-electron chi connectivity index (χ3n) is 3.04. The molecule has 0 saturated heterocycles. The smallest absolute Gasteiger partial charge is 0.378 e. The van der Waals surface area contributed by atoms with Gasteiger partial charge in [-0.15, -0.1) is 0 Å². The van der Waals surface area contributed by atoms with Crippen molar-refractivity contribution < 1.29 is 13.2 Å². The molecule has 0 radical (unpaired) electrons. The summed E-state index contributed by atoms with van der Waals surface area (Å²) in [6.07, 6.45) is -4.36. The molecule has 6 heteroatoms. The predicted octanol–water partition coefficient (Wildman–Crippen LogP) is 6.40. The lowest BCUT2D eigenvalue weighted by molar-refractivity contribution is -0.138. The highest BCUT2D eigenvalue weighted by atomic mass is 79.9. The molecule has 0 fully saturated rings. The molecular weight excluding hydrogens is 411 g/mol. The van der Waals surface area contributed by atoms with E-state index in [-0.39, 0.29) is 5.56 Å². The summed E-state index contributed by atoms with van der Waals surface area (Å²) >= 11 is 6.73. The minimum Gasteiger partial charge on any atom is -0.378 e. The third-order valence-corrected chi connectivity index (χ3v) is 4.19. The van der Waals surface area contributed by atoms with Crippen LogP contribution in [0.2, 0.25) is 0 Å². The number of hydrogen-bond acceptors (Lipinski definition) is 1. The summed E-state index contributed by atoms with van der Waals surface area (Å²) in [5.41, 5.74) is 0.348. The first-order valence-electron chi connectivity index (χ1n) is 6.16. The van der Waals surface area contributed by atoms with Crippen LogP contribution in [-0.2, 0) is 6.18 Å². The highest BCUT2D eigenvalue weighted by Gasteiger charge is 2.34. The lowest BCUT2D eigenvalue weighted by Gasteiger charge is -2.21. The van der Waals surface area contributed by atoms with Gasteiger partial charge in [-0.1, -0.05) is 34.1 Å². The second-order valence-electron chi connectivity index (χ2n) is 4.58. The van der Waals surface area contributed by atoms with Crippen LogP contribution in [0.4, 0.5) is 18.9 Å². The minimum atomic E-state index is -4.36. The molecule has 2 rings (SSSR count). The zero-order chi connectivity index (χ0) is 15.6. The maximum atomic E-state index is 13.0. The van der Waals surface area contributed by atoms with E-state index in [0.29, 0.717) is 0 Å². The SMILES string of the molecule is CC(Nc1ccc(Br)cc1Br)c1ccccc1C(F)(F)F. The normalized spacial score (nSPS) is 13.0.